The Morgan fingerprint density at radius 1 is 1.11 bits per heavy atom. The first kappa shape index (κ1) is 21.2. The van der Waals surface area contributed by atoms with Gasteiger partial charge in [0.25, 0.3) is 0 Å². The maximum Gasteiger partial charge on any atom is 0.0673 e. The van der Waals surface area contributed by atoms with Crippen molar-refractivity contribution < 1.29 is 0 Å². The largest absolute Gasteiger partial charge is 0.256 e. The molecule has 0 bridgehead atoms. The Morgan fingerprint density at radius 2 is 1.81 bits per heavy atom. The third-order valence-electron chi connectivity index (χ3n) is 4.87. The number of fused-ring (bicyclic) bond motifs is 1. The Balaban J connectivity index is 0.000000817. The van der Waals surface area contributed by atoms with Gasteiger partial charge in [0, 0.05) is 6.20 Å². The Morgan fingerprint density at radius 3 is 2.48 bits per heavy atom. The predicted molar refractivity (Wildman–Crippen MR) is 119 cm³/mol. The normalized spacial score (nSPS) is 16.0. The second kappa shape index (κ2) is 10.3. The number of hydrogen-bond donors (Lipinski definition) is 0. The van der Waals surface area contributed by atoms with Crippen LogP contribution in [0.4, 0.5) is 0 Å². The predicted octanol–water partition coefficient (Wildman–Crippen LogP) is 5.72. The molecule has 2 aromatic rings. The zero-order valence-electron chi connectivity index (χ0n) is 17.9. The summed E-state index contributed by atoms with van der Waals surface area (Å²) in [6, 6.07) is 11.0. The zero-order chi connectivity index (χ0) is 19.8. The molecular weight excluding hydrogens is 326 g/mol. The van der Waals surface area contributed by atoms with E-state index in [4.69, 9.17) is 4.98 Å². The summed E-state index contributed by atoms with van der Waals surface area (Å²) in [6.07, 6.45) is 12.5. The Hall–Kier alpha value is -2.15. The van der Waals surface area contributed by atoms with Crippen molar-refractivity contribution in [1.82, 2.24) is 4.98 Å². The Bertz CT molecular complexity index is 887. The highest BCUT2D eigenvalue weighted by Crippen LogP contribution is 2.28. The van der Waals surface area contributed by atoms with Crippen LogP contribution in [0.5, 0.6) is 0 Å². The molecule has 0 N–H and O–H groups in total. The van der Waals surface area contributed by atoms with Gasteiger partial charge in [-0.25, -0.2) is 0 Å². The number of hydrogen-bond acceptors (Lipinski definition) is 1. The van der Waals surface area contributed by atoms with Crippen LogP contribution < -0.4 is 10.4 Å². The number of aromatic nitrogens is 1. The van der Waals surface area contributed by atoms with Crippen molar-refractivity contribution in [2.45, 2.75) is 60.8 Å². The molecule has 0 saturated heterocycles. The van der Waals surface area contributed by atoms with Crippen LogP contribution >= 0.6 is 0 Å². The number of nitrogens with zero attached hydrogens (tertiary/aromatic N) is 1. The fourth-order valence-electron chi connectivity index (χ4n) is 3.38. The van der Waals surface area contributed by atoms with Gasteiger partial charge in [-0.05, 0) is 71.7 Å². The monoisotopic (exact) mass is 361 g/mol. The molecular formula is C26H35N. The van der Waals surface area contributed by atoms with Crippen molar-refractivity contribution >= 4 is 11.6 Å². The summed E-state index contributed by atoms with van der Waals surface area (Å²) in [6.45, 7) is 13.0. The lowest BCUT2D eigenvalue weighted by Crippen LogP contribution is -2.33. The van der Waals surface area contributed by atoms with Crippen LogP contribution in [0.25, 0.3) is 11.6 Å². The SMILES string of the molecule is CCC.Cc1cnc(C2=c3ccccc3=CCC2CC=CC(C)C)cc1C. The third kappa shape index (κ3) is 5.66. The summed E-state index contributed by atoms with van der Waals surface area (Å²) in [5.41, 5.74) is 5.12. The molecule has 144 valence electrons. The van der Waals surface area contributed by atoms with Gasteiger partial charge in [-0.1, -0.05) is 76.6 Å². The van der Waals surface area contributed by atoms with Gasteiger partial charge in [0.15, 0.2) is 0 Å². The highest BCUT2D eigenvalue weighted by atomic mass is 14.7. The van der Waals surface area contributed by atoms with Gasteiger partial charge in [0.2, 0.25) is 0 Å². The van der Waals surface area contributed by atoms with E-state index in [2.05, 4.69) is 90.1 Å². The van der Waals surface area contributed by atoms with Crippen LogP contribution in [0.2, 0.25) is 0 Å². The maximum atomic E-state index is 4.78. The smallest absolute Gasteiger partial charge is 0.0673 e. The molecule has 1 aliphatic rings. The molecule has 0 aliphatic heterocycles. The molecule has 0 radical (unpaired) electrons. The molecule has 1 nitrogen and oxygen atoms in total. The van der Waals surface area contributed by atoms with E-state index in [0.29, 0.717) is 11.8 Å². The molecule has 1 atom stereocenters. The fourth-order valence-corrected chi connectivity index (χ4v) is 3.38. The summed E-state index contributed by atoms with van der Waals surface area (Å²) in [7, 11) is 0. The van der Waals surface area contributed by atoms with Crippen molar-refractivity contribution in [3.05, 3.63) is 75.9 Å². The topological polar surface area (TPSA) is 12.9 Å². The first-order valence-electron chi connectivity index (χ1n) is 10.4. The lowest BCUT2D eigenvalue weighted by atomic mass is 9.83. The van der Waals surface area contributed by atoms with Crippen molar-refractivity contribution in [3.63, 3.8) is 0 Å². The quantitative estimate of drug-likeness (QED) is 0.635. The summed E-state index contributed by atoms with van der Waals surface area (Å²) in [5.74, 6) is 1.11. The third-order valence-corrected chi connectivity index (χ3v) is 4.87. The van der Waals surface area contributed by atoms with E-state index in [1.165, 1.54) is 33.6 Å². The number of benzene rings is 1. The second-order valence-corrected chi connectivity index (χ2v) is 7.91. The van der Waals surface area contributed by atoms with Crippen LogP contribution in [-0.4, -0.2) is 4.98 Å². The van der Waals surface area contributed by atoms with Crippen LogP contribution in [-0.2, 0) is 0 Å². The number of aryl methyl sites for hydroxylation is 2. The zero-order valence-corrected chi connectivity index (χ0v) is 17.9. The number of pyridine rings is 1. The Kier molecular flexibility index (Phi) is 8.03. The lowest BCUT2D eigenvalue weighted by Gasteiger charge is -2.22. The number of rotatable bonds is 4. The first-order valence-corrected chi connectivity index (χ1v) is 10.4. The van der Waals surface area contributed by atoms with Gasteiger partial charge < -0.3 is 0 Å². The minimum Gasteiger partial charge on any atom is -0.256 e. The highest BCUT2D eigenvalue weighted by molar-refractivity contribution is 5.68. The summed E-state index contributed by atoms with van der Waals surface area (Å²) < 4.78 is 0. The van der Waals surface area contributed by atoms with Crippen molar-refractivity contribution in [3.8, 4) is 0 Å². The highest BCUT2D eigenvalue weighted by Gasteiger charge is 2.19. The van der Waals surface area contributed by atoms with Crippen LogP contribution in [0, 0.1) is 25.7 Å². The average Bonchev–Trinajstić information content (AvgIpc) is 2.64. The van der Waals surface area contributed by atoms with Gasteiger partial charge >= 0.3 is 0 Å². The van der Waals surface area contributed by atoms with Crippen LogP contribution in [0.1, 0.15) is 63.8 Å². The van der Waals surface area contributed by atoms with Gasteiger partial charge in [-0.15, -0.1) is 0 Å². The van der Waals surface area contributed by atoms with Crippen molar-refractivity contribution in [1.29, 1.82) is 0 Å². The van der Waals surface area contributed by atoms with Crippen molar-refractivity contribution in [2.75, 3.05) is 0 Å². The molecule has 27 heavy (non-hydrogen) atoms. The van der Waals surface area contributed by atoms with E-state index < -0.39 is 0 Å². The standard InChI is InChI=1S/C23H27N.C3H8/c1-16(2)8-7-10-20-13-12-19-9-5-6-11-21(19)23(20)22-14-17(3)18(4)15-24-22;1-3-2/h5-9,11-12,14-16,20H,10,13H2,1-4H3;3H2,1-2H3. The molecule has 1 unspecified atom stereocenters. The number of allylic oxidation sites excluding steroid dienone is 2. The van der Waals surface area contributed by atoms with Gasteiger partial charge in [0.1, 0.15) is 0 Å². The molecule has 1 heteroatoms. The summed E-state index contributed by atoms with van der Waals surface area (Å²) in [5, 5.41) is 2.69. The van der Waals surface area contributed by atoms with Crippen LogP contribution in [0.3, 0.4) is 0 Å². The minimum atomic E-state index is 0.504. The van der Waals surface area contributed by atoms with Crippen LogP contribution in [0.15, 0.2) is 48.7 Å². The first-order chi connectivity index (χ1) is 13.0. The van der Waals surface area contributed by atoms with Crippen molar-refractivity contribution in [2.24, 2.45) is 11.8 Å². The molecule has 0 saturated carbocycles. The van der Waals surface area contributed by atoms with Gasteiger partial charge in [-0.3, -0.25) is 4.98 Å². The molecule has 0 fully saturated rings. The molecule has 0 spiro atoms. The molecule has 1 aromatic carbocycles. The minimum absolute atomic E-state index is 0.504. The van der Waals surface area contributed by atoms with E-state index in [0.717, 1.165) is 18.5 Å². The lowest BCUT2D eigenvalue weighted by molar-refractivity contribution is 0.691. The van der Waals surface area contributed by atoms with E-state index >= 15 is 0 Å². The second-order valence-electron chi connectivity index (χ2n) is 7.91. The molecule has 1 aliphatic carbocycles. The molecule has 1 aromatic heterocycles. The average molecular weight is 362 g/mol. The molecule has 3 rings (SSSR count). The van der Waals surface area contributed by atoms with Gasteiger partial charge in [0.05, 0.1) is 5.69 Å². The van der Waals surface area contributed by atoms with E-state index in [-0.39, 0.29) is 0 Å². The molecule has 1 heterocycles. The van der Waals surface area contributed by atoms with E-state index in [1.807, 2.05) is 6.20 Å². The maximum absolute atomic E-state index is 4.78. The Labute approximate surface area is 165 Å². The van der Waals surface area contributed by atoms with E-state index in [9.17, 15) is 0 Å². The molecule has 0 amide bonds. The van der Waals surface area contributed by atoms with Gasteiger partial charge in [-0.2, -0.15) is 0 Å². The summed E-state index contributed by atoms with van der Waals surface area (Å²) >= 11 is 0. The van der Waals surface area contributed by atoms with E-state index in [1.54, 1.807) is 0 Å². The summed E-state index contributed by atoms with van der Waals surface area (Å²) in [4.78, 5) is 4.78. The fraction of sp³-hybridized carbons (Fsp3) is 0.423.